The Labute approximate surface area is 226 Å². The Morgan fingerprint density at radius 1 is 0.974 bits per heavy atom. The largest absolute Gasteiger partial charge is 0.491 e. The Kier molecular flexibility index (Phi) is 6.24. The second-order valence-electron chi connectivity index (χ2n) is 9.40. The number of anilines is 3. The van der Waals surface area contributed by atoms with Crippen LogP contribution in [-0.2, 0) is 0 Å². The topological polar surface area (TPSA) is 119 Å². The number of carbonyl (C=O) groups is 2. The van der Waals surface area contributed by atoms with Gasteiger partial charge in [0, 0.05) is 42.8 Å². The number of pyridine rings is 1. The second kappa shape index (κ2) is 9.88. The van der Waals surface area contributed by atoms with Crippen LogP contribution in [0.5, 0.6) is 5.75 Å². The normalized spacial score (nSPS) is 18.1. The lowest BCUT2D eigenvalue weighted by molar-refractivity contribution is 0.00764. The minimum absolute atomic E-state index is 0.0711. The highest BCUT2D eigenvalue weighted by molar-refractivity contribution is 6.21. The molecule has 5 heterocycles. The van der Waals surface area contributed by atoms with E-state index in [2.05, 4.69) is 20.3 Å². The third-order valence-corrected chi connectivity index (χ3v) is 7.20. The van der Waals surface area contributed by atoms with E-state index in [1.54, 1.807) is 41.2 Å². The highest BCUT2D eigenvalue weighted by Gasteiger charge is 2.47. The first-order chi connectivity index (χ1) is 19.1. The van der Waals surface area contributed by atoms with Crippen molar-refractivity contribution in [1.29, 1.82) is 0 Å². The summed E-state index contributed by atoms with van der Waals surface area (Å²) in [6, 6.07) is 18.3. The van der Waals surface area contributed by atoms with E-state index in [1.807, 2.05) is 50.4 Å². The quantitative estimate of drug-likeness (QED) is 0.377. The van der Waals surface area contributed by atoms with Crippen LogP contribution in [0.15, 0.2) is 73.1 Å². The fourth-order valence-corrected chi connectivity index (χ4v) is 5.25. The van der Waals surface area contributed by atoms with E-state index in [0.717, 1.165) is 17.0 Å². The summed E-state index contributed by atoms with van der Waals surface area (Å²) in [4.78, 5) is 33.9. The van der Waals surface area contributed by atoms with E-state index in [-0.39, 0.29) is 23.9 Å². The molecule has 10 heteroatoms. The molecule has 1 unspecified atom stereocenters. The highest BCUT2D eigenvalue weighted by Crippen LogP contribution is 2.41. The summed E-state index contributed by atoms with van der Waals surface area (Å²) in [6.07, 6.45) is 3.51. The van der Waals surface area contributed by atoms with E-state index in [0.29, 0.717) is 48.1 Å². The Bertz CT molecular complexity index is 1510. The number of aromatic nitrogens is 3. The molecule has 3 aliphatic heterocycles. The van der Waals surface area contributed by atoms with Gasteiger partial charge in [-0.25, -0.2) is 9.67 Å². The van der Waals surface area contributed by atoms with E-state index in [4.69, 9.17) is 10.5 Å². The summed E-state index contributed by atoms with van der Waals surface area (Å²) in [5.41, 5.74) is 9.55. The lowest BCUT2D eigenvalue weighted by atomic mass is 9.99. The lowest BCUT2D eigenvalue weighted by Gasteiger charge is -2.45. The molecule has 2 aromatic carbocycles. The number of nitrogens with zero attached hydrogens (tertiary/aromatic N) is 5. The molecule has 39 heavy (non-hydrogen) atoms. The zero-order valence-corrected chi connectivity index (χ0v) is 21.7. The van der Waals surface area contributed by atoms with Crippen molar-refractivity contribution in [1.82, 2.24) is 24.6 Å². The number of nitrogens with one attached hydrogen (secondary N) is 1. The molecule has 3 N–H and O–H groups in total. The zero-order valence-electron chi connectivity index (χ0n) is 21.7. The monoisotopic (exact) mass is 523 g/mol. The van der Waals surface area contributed by atoms with Gasteiger partial charge in [-0.2, -0.15) is 5.10 Å². The van der Waals surface area contributed by atoms with E-state index in [9.17, 15) is 9.59 Å². The van der Waals surface area contributed by atoms with Crippen LogP contribution in [-0.4, -0.2) is 62.1 Å². The molecule has 2 amide bonds. The Balaban J connectivity index is 0.00000135. The van der Waals surface area contributed by atoms with Gasteiger partial charge in [-0.15, -0.1) is 0 Å². The van der Waals surface area contributed by atoms with Crippen LogP contribution in [0, 0.1) is 0 Å². The standard InChI is InChI=1S/C27H23N7O3.C2H6/c28-21-8-9-24(33-11-3-10-29-33)31-25(21)30-16-6-7-20-22(15-37-23(20)12-16)32-13-17(14-32)34-26(35)18-4-1-2-5-19(18)27(34)36;1-2/h1-12,17,22H,13-15,28H2,(H,30,31);1-2H3. The van der Waals surface area contributed by atoms with Crippen LogP contribution in [0.1, 0.15) is 46.2 Å². The fraction of sp³-hybridized carbons (Fsp3) is 0.241. The summed E-state index contributed by atoms with van der Waals surface area (Å²) in [7, 11) is 0. The summed E-state index contributed by atoms with van der Waals surface area (Å²) < 4.78 is 7.69. The van der Waals surface area contributed by atoms with Crippen molar-refractivity contribution in [3.05, 3.63) is 89.7 Å². The molecule has 1 fully saturated rings. The number of benzene rings is 2. The number of fused-ring (bicyclic) bond motifs is 2. The number of nitrogens with two attached hydrogens (primary N) is 1. The molecule has 10 nitrogen and oxygen atoms in total. The molecule has 3 aliphatic rings. The summed E-state index contributed by atoms with van der Waals surface area (Å²) in [6.45, 7) is 5.77. The molecular weight excluding hydrogens is 494 g/mol. The molecule has 1 saturated heterocycles. The van der Waals surface area contributed by atoms with Crippen LogP contribution < -0.4 is 15.8 Å². The summed E-state index contributed by atoms with van der Waals surface area (Å²) >= 11 is 0. The Morgan fingerprint density at radius 3 is 2.41 bits per heavy atom. The highest BCUT2D eigenvalue weighted by atomic mass is 16.5. The van der Waals surface area contributed by atoms with Crippen molar-refractivity contribution in [3.8, 4) is 11.6 Å². The van der Waals surface area contributed by atoms with Crippen molar-refractivity contribution >= 4 is 29.0 Å². The van der Waals surface area contributed by atoms with Crippen molar-refractivity contribution in [2.75, 3.05) is 30.7 Å². The lowest BCUT2D eigenvalue weighted by Crippen LogP contribution is -2.61. The van der Waals surface area contributed by atoms with Crippen LogP contribution in [0.2, 0.25) is 0 Å². The molecule has 0 radical (unpaired) electrons. The predicted molar refractivity (Wildman–Crippen MR) is 147 cm³/mol. The van der Waals surface area contributed by atoms with Crippen molar-refractivity contribution in [2.24, 2.45) is 0 Å². The molecule has 1 atom stereocenters. The van der Waals surface area contributed by atoms with Gasteiger partial charge in [0.05, 0.1) is 28.9 Å². The first-order valence-electron chi connectivity index (χ1n) is 13.1. The third kappa shape index (κ3) is 4.18. The molecule has 2 aromatic heterocycles. The van der Waals surface area contributed by atoms with Gasteiger partial charge in [-0.3, -0.25) is 19.4 Å². The predicted octanol–water partition coefficient (Wildman–Crippen LogP) is 4.03. The number of nitrogen functional groups attached to an aromatic ring is 1. The van der Waals surface area contributed by atoms with Crippen molar-refractivity contribution < 1.29 is 14.3 Å². The fourth-order valence-electron chi connectivity index (χ4n) is 5.25. The van der Waals surface area contributed by atoms with Gasteiger partial charge in [-0.1, -0.05) is 32.0 Å². The van der Waals surface area contributed by atoms with Gasteiger partial charge in [-0.05, 0) is 36.4 Å². The first kappa shape index (κ1) is 24.6. The van der Waals surface area contributed by atoms with Gasteiger partial charge >= 0.3 is 0 Å². The van der Waals surface area contributed by atoms with Gasteiger partial charge in [0.1, 0.15) is 12.4 Å². The van der Waals surface area contributed by atoms with Crippen LogP contribution >= 0.6 is 0 Å². The average Bonchev–Trinajstić information content (AvgIpc) is 3.67. The summed E-state index contributed by atoms with van der Waals surface area (Å²) in [5.74, 6) is 1.58. The first-order valence-corrected chi connectivity index (χ1v) is 13.1. The minimum Gasteiger partial charge on any atom is -0.491 e. The van der Waals surface area contributed by atoms with Crippen LogP contribution in [0.3, 0.4) is 0 Å². The molecule has 0 bridgehead atoms. The van der Waals surface area contributed by atoms with Gasteiger partial charge in [0.2, 0.25) is 0 Å². The minimum atomic E-state index is -0.200. The zero-order chi connectivity index (χ0) is 27.1. The Hall–Kier alpha value is -4.70. The molecule has 0 saturated carbocycles. The number of hydrogen-bond donors (Lipinski definition) is 2. The number of ether oxygens (including phenoxy) is 1. The number of imide groups is 1. The van der Waals surface area contributed by atoms with Gasteiger partial charge in [0.15, 0.2) is 11.6 Å². The molecule has 4 aromatic rings. The maximum absolute atomic E-state index is 12.8. The van der Waals surface area contributed by atoms with Crippen molar-refractivity contribution in [2.45, 2.75) is 25.9 Å². The summed E-state index contributed by atoms with van der Waals surface area (Å²) in [5, 5.41) is 7.51. The van der Waals surface area contributed by atoms with Crippen LogP contribution in [0.25, 0.3) is 5.82 Å². The SMILES string of the molecule is CC.Nc1ccc(-n2cccn2)nc1Nc1ccc2c(c1)OCC2N1CC(N2C(=O)c3ccccc3C2=O)C1. The molecule has 7 rings (SSSR count). The van der Waals surface area contributed by atoms with Gasteiger partial charge in [0.25, 0.3) is 11.8 Å². The number of hydrogen-bond acceptors (Lipinski definition) is 8. The average molecular weight is 524 g/mol. The molecule has 198 valence electrons. The molecule has 0 spiro atoms. The third-order valence-electron chi connectivity index (χ3n) is 7.20. The van der Waals surface area contributed by atoms with E-state index < -0.39 is 0 Å². The second-order valence-corrected chi connectivity index (χ2v) is 9.40. The molecule has 0 aliphatic carbocycles. The number of rotatable bonds is 5. The number of likely N-dealkylation sites (tertiary alicyclic amines) is 1. The maximum Gasteiger partial charge on any atom is 0.261 e. The van der Waals surface area contributed by atoms with Gasteiger partial charge < -0.3 is 15.8 Å². The smallest absolute Gasteiger partial charge is 0.261 e. The molecular formula is C29H29N7O3. The number of carbonyl (C=O) groups excluding carboxylic acids is 2. The number of amides is 2. The van der Waals surface area contributed by atoms with E-state index in [1.165, 1.54) is 4.90 Å². The Morgan fingerprint density at radius 2 is 1.72 bits per heavy atom. The van der Waals surface area contributed by atoms with Crippen LogP contribution in [0.4, 0.5) is 17.2 Å². The maximum atomic E-state index is 12.8. The van der Waals surface area contributed by atoms with E-state index >= 15 is 0 Å². The van der Waals surface area contributed by atoms with Crippen molar-refractivity contribution in [3.63, 3.8) is 0 Å².